The van der Waals surface area contributed by atoms with E-state index in [-0.39, 0.29) is 23.5 Å². The second-order valence-corrected chi connectivity index (χ2v) is 7.33. The predicted molar refractivity (Wildman–Crippen MR) is 121 cm³/mol. The summed E-state index contributed by atoms with van der Waals surface area (Å²) in [5, 5.41) is 3.08. The summed E-state index contributed by atoms with van der Waals surface area (Å²) < 4.78 is 10.3. The molecule has 0 aromatic heterocycles. The molecule has 164 valence electrons. The first kappa shape index (κ1) is 22.7. The summed E-state index contributed by atoms with van der Waals surface area (Å²) in [5.41, 5.74) is 3.30. The Labute approximate surface area is 187 Å². The third kappa shape index (κ3) is 4.54. The average Bonchev–Trinajstić information content (AvgIpc) is 2.81. The molecule has 2 aromatic carbocycles. The van der Waals surface area contributed by atoms with Gasteiger partial charge in [-0.2, -0.15) is 0 Å². The van der Waals surface area contributed by atoms with Gasteiger partial charge in [0.25, 0.3) is 0 Å². The van der Waals surface area contributed by atoms with Gasteiger partial charge in [-0.05, 0) is 25.5 Å². The number of hydrogen-bond acceptors (Lipinski definition) is 6. The van der Waals surface area contributed by atoms with E-state index in [1.54, 1.807) is 62.4 Å². The summed E-state index contributed by atoms with van der Waals surface area (Å²) in [6.07, 6.45) is 1.47. The minimum absolute atomic E-state index is 0.0329. The van der Waals surface area contributed by atoms with Gasteiger partial charge < -0.3 is 14.8 Å². The van der Waals surface area contributed by atoms with Crippen LogP contribution in [0.1, 0.15) is 41.3 Å². The largest absolute Gasteiger partial charge is 0.466 e. The molecule has 3 rings (SSSR count). The zero-order valence-corrected chi connectivity index (χ0v) is 18.3. The fraction of sp³-hybridized carbons (Fsp3) is 0.192. The number of carbonyl (C=O) groups excluding carboxylic acids is 3. The van der Waals surface area contributed by atoms with Crippen molar-refractivity contribution in [2.75, 3.05) is 13.7 Å². The summed E-state index contributed by atoms with van der Waals surface area (Å²) in [5.74, 6) is -2.06. The van der Waals surface area contributed by atoms with Crippen LogP contribution in [-0.2, 0) is 19.1 Å². The first-order valence-electron chi connectivity index (χ1n) is 10.1. The second kappa shape index (κ2) is 9.92. The molecule has 0 radical (unpaired) electrons. The minimum Gasteiger partial charge on any atom is -0.466 e. The number of benzene rings is 2. The molecule has 0 spiro atoms. The minimum atomic E-state index is -0.760. The fourth-order valence-corrected chi connectivity index (χ4v) is 3.81. The van der Waals surface area contributed by atoms with E-state index in [1.165, 1.54) is 13.2 Å². The Morgan fingerprint density at radius 2 is 1.56 bits per heavy atom. The number of rotatable bonds is 7. The molecule has 32 heavy (non-hydrogen) atoms. The van der Waals surface area contributed by atoms with Crippen LogP contribution in [0.2, 0.25) is 0 Å². The molecule has 1 aliphatic rings. The third-order valence-electron chi connectivity index (χ3n) is 5.24. The van der Waals surface area contributed by atoms with Gasteiger partial charge in [0.05, 0.1) is 24.2 Å². The molecule has 1 N–H and O–H groups in total. The molecule has 0 bridgehead atoms. The molecule has 1 atom stereocenters. The van der Waals surface area contributed by atoms with Crippen molar-refractivity contribution in [2.45, 2.75) is 19.8 Å². The number of ketones is 1. The Bertz CT molecular complexity index is 1130. The van der Waals surface area contributed by atoms with E-state index in [9.17, 15) is 14.4 Å². The van der Waals surface area contributed by atoms with Gasteiger partial charge in [0.2, 0.25) is 0 Å². The number of dihydropyridines is 1. The maximum Gasteiger partial charge on any atom is 0.337 e. The van der Waals surface area contributed by atoms with Crippen molar-refractivity contribution in [1.29, 1.82) is 0 Å². The van der Waals surface area contributed by atoms with Crippen LogP contribution in [0.25, 0.3) is 0 Å². The molecule has 1 aliphatic heterocycles. The van der Waals surface area contributed by atoms with Gasteiger partial charge in [-0.15, -0.1) is 0 Å². The normalized spacial score (nSPS) is 15.7. The smallest absolute Gasteiger partial charge is 0.337 e. The Morgan fingerprint density at radius 3 is 2.19 bits per heavy atom. The van der Waals surface area contributed by atoms with E-state index in [4.69, 9.17) is 9.47 Å². The zero-order valence-electron chi connectivity index (χ0n) is 18.3. The Hall–Kier alpha value is -3.93. The number of hydrogen-bond donors (Lipinski definition) is 1. The highest BCUT2D eigenvalue weighted by Gasteiger charge is 2.38. The van der Waals surface area contributed by atoms with Gasteiger partial charge in [-0.3, -0.25) is 4.79 Å². The standard InChI is InChI=1S/C26H25NO5/c1-5-14-32-26(30)22-17(3)27-16(2)21(25(29)31-4)23(22)19-12-9-13-20(15-19)24(28)18-10-7-6-8-11-18/h5-13,15,23,27H,1,14H2,2-4H3. The van der Waals surface area contributed by atoms with E-state index in [2.05, 4.69) is 11.9 Å². The van der Waals surface area contributed by atoms with Crippen LogP contribution in [0.5, 0.6) is 0 Å². The van der Waals surface area contributed by atoms with Gasteiger partial charge in [0, 0.05) is 22.5 Å². The quantitative estimate of drug-likeness (QED) is 0.405. The van der Waals surface area contributed by atoms with Crippen LogP contribution in [-0.4, -0.2) is 31.4 Å². The lowest BCUT2D eigenvalue weighted by molar-refractivity contribution is -0.138. The van der Waals surface area contributed by atoms with Crippen LogP contribution < -0.4 is 5.32 Å². The Balaban J connectivity index is 2.14. The van der Waals surface area contributed by atoms with E-state index >= 15 is 0 Å². The van der Waals surface area contributed by atoms with Crippen molar-refractivity contribution < 1.29 is 23.9 Å². The summed E-state index contributed by atoms with van der Waals surface area (Å²) in [4.78, 5) is 38.7. The first-order chi connectivity index (χ1) is 15.4. The van der Waals surface area contributed by atoms with Gasteiger partial charge in [0.1, 0.15) is 6.61 Å². The fourth-order valence-electron chi connectivity index (χ4n) is 3.81. The highest BCUT2D eigenvalue weighted by Crippen LogP contribution is 2.39. The summed E-state index contributed by atoms with van der Waals surface area (Å²) in [6, 6.07) is 15.8. The SMILES string of the molecule is C=CCOC(=O)C1=C(C)NC(C)=C(C(=O)OC)C1c1cccc(C(=O)c2ccccc2)c1. The topological polar surface area (TPSA) is 81.7 Å². The number of ether oxygens (including phenoxy) is 2. The maximum atomic E-state index is 13.0. The van der Waals surface area contributed by atoms with Crippen molar-refractivity contribution >= 4 is 17.7 Å². The molecule has 0 aliphatic carbocycles. The molecule has 2 aromatic rings. The highest BCUT2D eigenvalue weighted by molar-refractivity contribution is 6.09. The van der Waals surface area contributed by atoms with E-state index in [0.29, 0.717) is 28.1 Å². The average molecular weight is 431 g/mol. The number of allylic oxidation sites excluding steroid dienone is 2. The first-order valence-corrected chi connectivity index (χ1v) is 10.1. The molecule has 0 fully saturated rings. The zero-order chi connectivity index (χ0) is 23.3. The lowest BCUT2D eigenvalue weighted by atomic mass is 9.79. The van der Waals surface area contributed by atoms with E-state index < -0.39 is 17.9 Å². The summed E-state index contributed by atoms with van der Waals surface area (Å²) in [7, 11) is 1.29. The van der Waals surface area contributed by atoms with Crippen molar-refractivity contribution in [3.8, 4) is 0 Å². The Kier molecular flexibility index (Phi) is 7.05. The monoisotopic (exact) mass is 431 g/mol. The number of methoxy groups -OCH3 is 1. The van der Waals surface area contributed by atoms with E-state index in [1.807, 2.05) is 6.07 Å². The van der Waals surface area contributed by atoms with Crippen LogP contribution in [0.4, 0.5) is 0 Å². The molecule has 6 nitrogen and oxygen atoms in total. The molecular weight excluding hydrogens is 406 g/mol. The van der Waals surface area contributed by atoms with Gasteiger partial charge in [0.15, 0.2) is 5.78 Å². The third-order valence-corrected chi connectivity index (χ3v) is 5.24. The molecule has 6 heteroatoms. The van der Waals surface area contributed by atoms with Crippen molar-refractivity contribution in [3.63, 3.8) is 0 Å². The van der Waals surface area contributed by atoms with Crippen LogP contribution >= 0.6 is 0 Å². The maximum absolute atomic E-state index is 13.0. The van der Waals surface area contributed by atoms with Gasteiger partial charge in [-0.25, -0.2) is 9.59 Å². The number of carbonyl (C=O) groups is 3. The lowest BCUT2D eigenvalue weighted by Gasteiger charge is -2.30. The highest BCUT2D eigenvalue weighted by atomic mass is 16.5. The van der Waals surface area contributed by atoms with Crippen LogP contribution in [0, 0.1) is 0 Å². The molecule has 0 saturated carbocycles. The molecule has 0 saturated heterocycles. The van der Waals surface area contributed by atoms with Gasteiger partial charge in [-0.1, -0.05) is 61.2 Å². The number of esters is 2. The molecule has 1 heterocycles. The Morgan fingerprint density at radius 1 is 0.938 bits per heavy atom. The molecule has 1 unspecified atom stereocenters. The van der Waals surface area contributed by atoms with Crippen LogP contribution in [0.15, 0.2) is 89.8 Å². The van der Waals surface area contributed by atoms with Crippen molar-refractivity contribution in [1.82, 2.24) is 5.32 Å². The summed E-state index contributed by atoms with van der Waals surface area (Å²) >= 11 is 0. The predicted octanol–water partition coefficient (Wildman–Crippen LogP) is 4.05. The van der Waals surface area contributed by atoms with E-state index in [0.717, 1.165) is 0 Å². The van der Waals surface area contributed by atoms with Crippen molar-refractivity contribution in [2.24, 2.45) is 0 Å². The molecular formula is C26H25NO5. The van der Waals surface area contributed by atoms with Gasteiger partial charge >= 0.3 is 11.9 Å². The molecule has 0 amide bonds. The number of nitrogens with one attached hydrogen (secondary N) is 1. The lowest BCUT2D eigenvalue weighted by Crippen LogP contribution is -2.32. The second-order valence-electron chi connectivity index (χ2n) is 7.33. The van der Waals surface area contributed by atoms with Crippen molar-refractivity contribution in [3.05, 3.63) is 106 Å². The summed E-state index contributed by atoms with van der Waals surface area (Å²) in [6.45, 7) is 7.09. The van der Waals surface area contributed by atoms with Crippen LogP contribution in [0.3, 0.4) is 0 Å².